The molecule has 0 rings (SSSR count). The molecule has 0 nitrogen and oxygen atoms in total. The molecule has 0 radical (unpaired) electrons. The Morgan fingerprint density at radius 2 is 1.38 bits per heavy atom. The van der Waals surface area contributed by atoms with E-state index >= 15 is 0 Å². The van der Waals surface area contributed by atoms with E-state index in [1.165, 1.54) is 0 Å². The van der Waals surface area contributed by atoms with E-state index < -0.39 is 8.07 Å². The number of rotatable bonds is 2. The summed E-state index contributed by atoms with van der Waals surface area (Å²) in [5.74, 6) is 5.88. The predicted octanol–water partition coefficient (Wildman–Crippen LogP) is 2.93. The Balaban J connectivity index is 4.89. The van der Waals surface area contributed by atoms with E-state index in [2.05, 4.69) is 49.9 Å². The summed E-state index contributed by atoms with van der Waals surface area (Å²) < 4.78 is 0. The fourth-order valence-electron chi connectivity index (χ4n) is 1.01. The molecule has 13 heavy (non-hydrogen) atoms. The van der Waals surface area contributed by atoms with Gasteiger partial charge >= 0.3 is 0 Å². The lowest BCUT2D eigenvalue weighted by Gasteiger charge is -2.13. The van der Waals surface area contributed by atoms with Gasteiger partial charge in [-0.15, -0.1) is 11.1 Å². The smallest absolute Gasteiger partial charge is 0.111 e. The Hall–Kier alpha value is -1.18. The largest absolute Gasteiger partial charge is 0.217 e. The Morgan fingerprint density at radius 3 is 1.62 bits per heavy atom. The van der Waals surface area contributed by atoms with E-state index in [1.807, 2.05) is 0 Å². The zero-order chi connectivity index (χ0) is 10.2. The molecule has 0 bridgehead atoms. The first kappa shape index (κ1) is 11.8. The second kappa shape index (κ2) is 6.35. The first-order valence-electron chi connectivity index (χ1n) is 4.52. The molecule has 0 aromatic carbocycles. The maximum Gasteiger partial charge on any atom is 0.217 e. The molecular weight excluding hydrogens is 172 g/mol. The maximum atomic E-state index is 3.59. The maximum absolute atomic E-state index is 3.59. The van der Waals surface area contributed by atoms with Gasteiger partial charge in [-0.3, -0.25) is 0 Å². The summed E-state index contributed by atoms with van der Waals surface area (Å²) >= 11 is 0. The summed E-state index contributed by atoms with van der Waals surface area (Å²) in [6, 6.07) is 2.15. The van der Waals surface area contributed by atoms with Crippen molar-refractivity contribution >= 4 is 8.07 Å². The van der Waals surface area contributed by atoms with Crippen LogP contribution in [0.15, 0.2) is 25.3 Å². The van der Waals surface area contributed by atoms with Gasteiger partial charge in [-0.2, -0.15) is 0 Å². The molecule has 0 aromatic rings. The highest BCUT2D eigenvalue weighted by Gasteiger charge is 2.24. The first-order chi connectivity index (χ1) is 6.24. The Morgan fingerprint density at radius 1 is 1.00 bits per heavy atom. The van der Waals surface area contributed by atoms with Crippen LogP contribution in [0.2, 0.25) is 12.1 Å². The summed E-state index contributed by atoms with van der Waals surface area (Å²) in [6.07, 6.45) is 3.28. The highest BCUT2D eigenvalue weighted by Crippen LogP contribution is 2.12. The van der Waals surface area contributed by atoms with Crippen molar-refractivity contribution in [2.24, 2.45) is 0 Å². The highest BCUT2D eigenvalue weighted by molar-refractivity contribution is 6.94. The van der Waals surface area contributed by atoms with Crippen LogP contribution in [-0.2, 0) is 0 Å². The van der Waals surface area contributed by atoms with Gasteiger partial charge in [0.15, 0.2) is 0 Å². The van der Waals surface area contributed by atoms with Crippen LogP contribution in [0.5, 0.6) is 0 Å². The van der Waals surface area contributed by atoms with Crippen LogP contribution in [-0.4, -0.2) is 8.07 Å². The lowest BCUT2D eigenvalue weighted by Crippen LogP contribution is -2.29. The van der Waals surface area contributed by atoms with Crippen molar-refractivity contribution in [1.29, 1.82) is 0 Å². The van der Waals surface area contributed by atoms with Gasteiger partial charge < -0.3 is 0 Å². The second-order valence-electron chi connectivity index (χ2n) is 2.74. The van der Waals surface area contributed by atoms with Crippen LogP contribution in [0, 0.1) is 22.9 Å². The van der Waals surface area contributed by atoms with Gasteiger partial charge in [-0.1, -0.05) is 38.8 Å². The topological polar surface area (TPSA) is 0 Å². The van der Waals surface area contributed by atoms with Crippen LogP contribution in [0.25, 0.3) is 0 Å². The van der Waals surface area contributed by atoms with E-state index in [4.69, 9.17) is 0 Å². The zero-order valence-electron chi connectivity index (χ0n) is 8.48. The first-order valence-corrected chi connectivity index (χ1v) is 6.93. The Bertz CT molecular complexity index is 259. The molecule has 0 saturated carbocycles. The molecule has 0 atom stereocenters. The summed E-state index contributed by atoms with van der Waals surface area (Å²) in [6.45, 7) is 11.5. The molecule has 68 valence electrons. The lowest BCUT2D eigenvalue weighted by molar-refractivity contribution is 1.31. The van der Waals surface area contributed by atoms with E-state index in [-0.39, 0.29) is 0 Å². The van der Waals surface area contributed by atoms with Gasteiger partial charge in [-0.05, 0) is 24.2 Å². The third kappa shape index (κ3) is 3.83. The van der Waals surface area contributed by atoms with Gasteiger partial charge in [0.2, 0.25) is 8.07 Å². The highest BCUT2D eigenvalue weighted by atomic mass is 28.3. The molecule has 1 heteroatoms. The summed E-state index contributed by atoms with van der Waals surface area (Å²) in [7, 11) is -1.65. The van der Waals surface area contributed by atoms with Gasteiger partial charge in [-0.25, -0.2) is 0 Å². The average Bonchev–Trinajstić information content (AvgIpc) is 2.20. The number of hydrogen-bond donors (Lipinski definition) is 0. The summed E-state index contributed by atoms with van der Waals surface area (Å²) in [5.41, 5.74) is 6.53. The molecule has 0 aromatic heterocycles. The van der Waals surface area contributed by atoms with Crippen molar-refractivity contribution in [2.45, 2.75) is 25.9 Å². The predicted molar refractivity (Wildman–Crippen MR) is 62.7 cm³/mol. The van der Waals surface area contributed by atoms with Crippen LogP contribution in [0.4, 0.5) is 0 Å². The molecule has 0 aliphatic rings. The lowest BCUT2D eigenvalue weighted by atomic mass is 10.7. The van der Waals surface area contributed by atoms with Gasteiger partial charge in [0, 0.05) is 0 Å². The Kier molecular flexibility index (Phi) is 5.77. The van der Waals surface area contributed by atoms with Crippen molar-refractivity contribution in [3.8, 4) is 22.9 Å². The minimum atomic E-state index is -1.65. The van der Waals surface area contributed by atoms with E-state index in [0.29, 0.717) is 0 Å². The zero-order valence-corrected chi connectivity index (χ0v) is 9.48. The second-order valence-corrected chi connectivity index (χ2v) is 6.81. The Labute approximate surface area is 82.8 Å². The van der Waals surface area contributed by atoms with Crippen molar-refractivity contribution in [2.75, 3.05) is 0 Å². The monoisotopic (exact) mass is 188 g/mol. The standard InChI is InChI=1S/C12H16Si/c1-5-9-11-13(7-3,8-4)12-10-6-2/h5-6H,1-2,7-8H2,3-4H3. The number of allylic oxidation sites excluding steroid dienone is 2. The summed E-state index contributed by atoms with van der Waals surface area (Å²) in [4.78, 5) is 0. The average molecular weight is 188 g/mol. The fraction of sp³-hybridized carbons (Fsp3) is 0.333. The van der Waals surface area contributed by atoms with Gasteiger partial charge in [0.1, 0.15) is 0 Å². The van der Waals surface area contributed by atoms with Gasteiger partial charge in [0.05, 0.1) is 0 Å². The van der Waals surface area contributed by atoms with Gasteiger partial charge in [0.25, 0.3) is 0 Å². The van der Waals surface area contributed by atoms with E-state index in [9.17, 15) is 0 Å². The van der Waals surface area contributed by atoms with Crippen molar-refractivity contribution < 1.29 is 0 Å². The molecule has 0 spiro atoms. The van der Waals surface area contributed by atoms with Crippen LogP contribution < -0.4 is 0 Å². The molecule has 0 aliphatic heterocycles. The molecule has 0 amide bonds. The molecule has 0 heterocycles. The summed E-state index contributed by atoms with van der Waals surface area (Å²) in [5, 5.41) is 0. The van der Waals surface area contributed by atoms with Crippen LogP contribution in [0.3, 0.4) is 0 Å². The van der Waals surface area contributed by atoms with Crippen LogP contribution in [0.1, 0.15) is 13.8 Å². The third-order valence-corrected chi connectivity index (χ3v) is 5.69. The number of hydrogen-bond acceptors (Lipinski definition) is 0. The molecular formula is C12H16Si. The van der Waals surface area contributed by atoms with Crippen molar-refractivity contribution in [3.05, 3.63) is 25.3 Å². The molecule has 0 unspecified atom stereocenters. The van der Waals surface area contributed by atoms with Crippen molar-refractivity contribution in [1.82, 2.24) is 0 Å². The van der Waals surface area contributed by atoms with Crippen molar-refractivity contribution in [3.63, 3.8) is 0 Å². The molecule has 0 saturated heterocycles. The third-order valence-electron chi connectivity index (χ3n) is 2.03. The fourth-order valence-corrected chi connectivity index (χ4v) is 3.04. The minimum Gasteiger partial charge on any atom is -0.111 e. The SMILES string of the molecule is C=CC#C[Si](C#CC=C)(CC)CC. The normalized spacial score (nSPS) is 8.77. The minimum absolute atomic E-state index is 1.07. The quantitative estimate of drug-likeness (QED) is 0.462. The molecule has 0 fully saturated rings. The van der Waals surface area contributed by atoms with E-state index in [1.54, 1.807) is 12.2 Å². The van der Waals surface area contributed by atoms with E-state index in [0.717, 1.165) is 12.1 Å². The van der Waals surface area contributed by atoms with Crippen LogP contribution >= 0.6 is 0 Å². The molecule has 0 aliphatic carbocycles. The molecule has 0 N–H and O–H groups in total.